The Hall–Kier alpha value is -3.53. The zero-order chi connectivity index (χ0) is 33.6. The van der Waals surface area contributed by atoms with Gasteiger partial charge in [0, 0.05) is 59.2 Å². The molecule has 0 radical (unpaired) electrons. The van der Waals surface area contributed by atoms with Crippen molar-refractivity contribution in [2.45, 2.75) is 95.7 Å². The van der Waals surface area contributed by atoms with Crippen LogP contribution in [0, 0.1) is 6.92 Å². The first-order chi connectivity index (χ1) is 23.3. The topological polar surface area (TPSA) is 109 Å². The van der Waals surface area contributed by atoms with Crippen molar-refractivity contribution < 1.29 is 19.7 Å². The van der Waals surface area contributed by atoms with E-state index in [0.717, 1.165) is 107 Å². The van der Waals surface area contributed by atoms with Crippen molar-refractivity contribution in [3.8, 4) is 45.3 Å². The van der Waals surface area contributed by atoms with E-state index < -0.39 is 0 Å². The Morgan fingerprint density at radius 3 is 2.02 bits per heavy atom. The minimum absolute atomic E-state index is 0.163. The third-order valence-corrected chi connectivity index (χ3v) is 10.4. The number of hydrogen-bond acceptors (Lipinski definition) is 8. The van der Waals surface area contributed by atoms with Gasteiger partial charge in [-0.3, -0.25) is 4.98 Å². The van der Waals surface area contributed by atoms with Crippen LogP contribution in [0.5, 0.6) is 11.6 Å². The van der Waals surface area contributed by atoms with Crippen LogP contribution in [0.2, 0.25) is 5.02 Å². The molecule has 2 fully saturated rings. The lowest BCUT2D eigenvalue weighted by Gasteiger charge is -2.26. The fraction of sp³-hybridized carbons (Fsp3) is 0.436. The van der Waals surface area contributed by atoms with Crippen LogP contribution in [0.4, 0.5) is 0 Å². The highest BCUT2D eigenvalue weighted by Gasteiger charge is 2.22. The normalized spacial score (nSPS) is 21.2. The molecule has 0 spiro atoms. The molecule has 2 aromatic carbocycles. The lowest BCUT2D eigenvalue weighted by molar-refractivity contribution is 0.116. The van der Waals surface area contributed by atoms with E-state index in [1.54, 1.807) is 14.2 Å². The number of ether oxygens (including phenoxy) is 2. The summed E-state index contributed by atoms with van der Waals surface area (Å²) in [5, 5.41) is 27.5. The lowest BCUT2D eigenvalue weighted by atomic mass is 9.93. The number of aliphatic hydroxyl groups excluding tert-OH is 2. The summed E-state index contributed by atoms with van der Waals surface area (Å²) in [4.78, 5) is 9.65. The van der Waals surface area contributed by atoms with Crippen LogP contribution in [-0.4, -0.2) is 58.7 Å². The standard InChI is InChI=1S/C39H47ClN4O4/c1-24-32(19-20-41-38(24)25-7-8-26(36(21-25)47-2)22-42-28-10-14-30(45)15-11-28)33-5-4-6-34(37(33)40)35-18-9-27(39(44-35)48-3)23-43-29-12-16-31(46)17-13-29/h4-9,18-21,28-31,42-43,45-46H,10-17,22-23H2,1-3H3/t28-,29-,30+,31+. The highest BCUT2D eigenvalue weighted by atomic mass is 35.5. The highest BCUT2D eigenvalue weighted by molar-refractivity contribution is 6.36. The number of hydrogen-bond donors (Lipinski definition) is 4. The average molecular weight is 671 g/mol. The van der Waals surface area contributed by atoms with Gasteiger partial charge in [0.05, 0.1) is 42.8 Å². The maximum Gasteiger partial charge on any atom is 0.218 e. The molecule has 2 saturated carbocycles. The molecule has 0 unspecified atom stereocenters. The minimum Gasteiger partial charge on any atom is -0.496 e. The molecule has 2 aromatic heterocycles. The predicted octanol–water partition coefficient (Wildman–Crippen LogP) is 7.24. The molecule has 2 aliphatic rings. The average Bonchev–Trinajstić information content (AvgIpc) is 3.11. The Morgan fingerprint density at radius 2 is 1.38 bits per heavy atom. The Bertz CT molecular complexity index is 1570. The van der Waals surface area contributed by atoms with Gasteiger partial charge in [0.15, 0.2) is 0 Å². The number of aromatic nitrogens is 2. The number of benzene rings is 2. The Kier molecular flexibility index (Phi) is 11.3. The predicted molar refractivity (Wildman–Crippen MR) is 191 cm³/mol. The first-order valence-corrected chi connectivity index (χ1v) is 17.5. The quantitative estimate of drug-likeness (QED) is 0.132. The van der Waals surface area contributed by atoms with E-state index in [9.17, 15) is 10.2 Å². The van der Waals surface area contributed by atoms with Crippen LogP contribution >= 0.6 is 11.6 Å². The van der Waals surface area contributed by atoms with Gasteiger partial charge in [-0.15, -0.1) is 0 Å². The number of pyridine rings is 2. The van der Waals surface area contributed by atoms with Gasteiger partial charge < -0.3 is 30.3 Å². The summed E-state index contributed by atoms with van der Waals surface area (Å²) in [7, 11) is 3.35. The van der Waals surface area contributed by atoms with Gasteiger partial charge in [0.25, 0.3) is 0 Å². The Morgan fingerprint density at radius 1 is 0.750 bits per heavy atom. The summed E-state index contributed by atoms with van der Waals surface area (Å²) in [5.74, 6) is 1.39. The van der Waals surface area contributed by atoms with Gasteiger partial charge in [-0.2, -0.15) is 0 Å². The van der Waals surface area contributed by atoms with Crippen LogP contribution in [0.3, 0.4) is 0 Å². The van der Waals surface area contributed by atoms with Crippen LogP contribution in [0.1, 0.15) is 68.1 Å². The molecular formula is C39H47ClN4O4. The van der Waals surface area contributed by atoms with Crippen molar-refractivity contribution in [3.05, 3.63) is 82.5 Å². The molecule has 9 heteroatoms. The second-order valence-corrected chi connectivity index (χ2v) is 13.5. The monoisotopic (exact) mass is 670 g/mol. The van der Waals surface area contributed by atoms with Crippen molar-refractivity contribution in [2.75, 3.05) is 14.2 Å². The third-order valence-electron chi connectivity index (χ3n) is 10.0. The lowest BCUT2D eigenvalue weighted by Crippen LogP contribution is -2.34. The summed E-state index contributed by atoms with van der Waals surface area (Å²) in [5.41, 5.74) is 8.43. The molecule has 48 heavy (non-hydrogen) atoms. The first-order valence-electron chi connectivity index (χ1n) is 17.1. The fourth-order valence-corrected chi connectivity index (χ4v) is 7.42. The van der Waals surface area contributed by atoms with Crippen LogP contribution in [0.25, 0.3) is 33.6 Å². The number of nitrogens with one attached hydrogen (secondary N) is 2. The number of nitrogens with zero attached hydrogens (tertiary/aromatic N) is 2. The molecular weight excluding hydrogens is 624 g/mol. The van der Waals surface area contributed by atoms with Crippen LogP contribution < -0.4 is 20.1 Å². The largest absolute Gasteiger partial charge is 0.496 e. The molecule has 2 heterocycles. The number of rotatable bonds is 11. The van der Waals surface area contributed by atoms with E-state index >= 15 is 0 Å². The highest BCUT2D eigenvalue weighted by Crippen LogP contribution is 2.40. The second kappa shape index (κ2) is 15.8. The molecule has 4 N–H and O–H groups in total. The molecule has 0 atom stereocenters. The van der Waals surface area contributed by atoms with Gasteiger partial charge in [0.1, 0.15) is 5.75 Å². The number of halogens is 1. The van der Waals surface area contributed by atoms with Crippen molar-refractivity contribution in [1.82, 2.24) is 20.6 Å². The fourth-order valence-electron chi connectivity index (χ4n) is 7.09. The van der Waals surface area contributed by atoms with Gasteiger partial charge in [-0.05, 0) is 87.6 Å². The molecule has 254 valence electrons. The maximum atomic E-state index is 9.84. The molecule has 8 nitrogen and oxygen atoms in total. The van der Waals surface area contributed by atoms with Crippen LogP contribution in [-0.2, 0) is 13.1 Å². The number of methoxy groups -OCH3 is 2. The van der Waals surface area contributed by atoms with Gasteiger partial charge >= 0.3 is 0 Å². The Labute approximate surface area is 288 Å². The van der Waals surface area contributed by atoms with E-state index in [1.807, 2.05) is 36.5 Å². The Balaban J connectivity index is 1.22. The molecule has 0 saturated heterocycles. The van der Waals surface area contributed by atoms with Crippen molar-refractivity contribution in [3.63, 3.8) is 0 Å². The smallest absolute Gasteiger partial charge is 0.218 e. The van der Waals surface area contributed by atoms with Gasteiger partial charge in [0.2, 0.25) is 5.88 Å². The van der Waals surface area contributed by atoms with Crippen molar-refractivity contribution in [2.24, 2.45) is 0 Å². The summed E-state index contributed by atoms with van der Waals surface area (Å²) >= 11 is 7.16. The van der Waals surface area contributed by atoms with E-state index in [-0.39, 0.29) is 12.2 Å². The maximum absolute atomic E-state index is 9.84. The van der Waals surface area contributed by atoms with Crippen molar-refractivity contribution in [1.29, 1.82) is 0 Å². The van der Waals surface area contributed by atoms with Gasteiger partial charge in [-0.1, -0.05) is 48.0 Å². The molecule has 4 aromatic rings. The zero-order valence-electron chi connectivity index (χ0n) is 28.1. The number of aliphatic hydroxyl groups is 2. The molecule has 0 aliphatic heterocycles. The van der Waals surface area contributed by atoms with Crippen molar-refractivity contribution >= 4 is 11.6 Å². The third kappa shape index (κ3) is 7.85. The SMILES string of the molecule is COc1cc(-c2nccc(-c3cccc(-c4ccc(CN[C@H]5CC[C@@H](O)CC5)c(OC)n4)c3Cl)c2C)ccc1CN[C@H]1CC[C@@H](O)CC1. The van der Waals surface area contributed by atoms with E-state index in [4.69, 9.17) is 31.0 Å². The first kappa shape index (κ1) is 34.3. The summed E-state index contributed by atoms with van der Waals surface area (Å²) in [6.45, 7) is 3.44. The van der Waals surface area contributed by atoms with Crippen LogP contribution in [0.15, 0.2) is 60.8 Å². The van der Waals surface area contributed by atoms with E-state index in [1.165, 1.54) is 0 Å². The molecule has 0 bridgehead atoms. The van der Waals surface area contributed by atoms with E-state index in [0.29, 0.717) is 36.1 Å². The molecule has 2 aliphatic carbocycles. The van der Waals surface area contributed by atoms with E-state index in [2.05, 4.69) is 41.8 Å². The second-order valence-electron chi connectivity index (χ2n) is 13.2. The van der Waals surface area contributed by atoms with Gasteiger partial charge in [-0.25, -0.2) is 4.98 Å². The summed E-state index contributed by atoms with van der Waals surface area (Å²) in [6, 6.07) is 19.2. The molecule has 6 rings (SSSR count). The zero-order valence-corrected chi connectivity index (χ0v) is 28.9. The molecule has 0 amide bonds. The summed E-state index contributed by atoms with van der Waals surface area (Å²) in [6.07, 6.45) is 8.79. The summed E-state index contributed by atoms with van der Waals surface area (Å²) < 4.78 is 11.5. The minimum atomic E-state index is -0.173.